The van der Waals surface area contributed by atoms with Gasteiger partial charge in [0.2, 0.25) is 0 Å². The third kappa shape index (κ3) is 3.99. The zero-order chi connectivity index (χ0) is 11.5. The van der Waals surface area contributed by atoms with Crippen LogP contribution in [0.2, 0.25) is 0 Å². The number of nitrogens with two attached hydrogens (primary N) is 1. The van der Waals surface area contributed by atoms with Crippen LogP contribution in [0.15, 0.2) is 24.3 Å². The predicted octanol–water partition coefficient (Wildman–Crippen LogP) is 1.18. The Morgan fingerprint density at radius 1 is 1.33 bits per heavy atom. The average molecular weight is 229 g/mol. The van der Waals surface area contributed by atoms with E-state index in [0.29, 0.717) is 5.56 Å². The molecule has 0 amide bonds. The van der Waals surface area contributed by atoms with Gasteiger partial charge in [0, 0.05) is 0 Å². The molecular weight excluding hydrogens is 214 g/mol. The Balaban J connectivity index is 2.78. The molecule has 0 saturated heterocycles. The van der Waals surface area contributed by atoms with E-state index in [1.807, 2.05) is 19.1 Å². The highest BCUT2D eigenvalue weighted by atomic mass is 32.2. The first-order chi connectivity index (χ1) is 6.92. The standard InChI is InChI=1S/C10H15NO3S/c1-3-8-4-6-9(7-5-8)10(11)14-15(2,12)13/h4-7,10H,3,11H2,1-2H3. The Morgan fingerprint density at radius 3 is 2.27 bits per heavy atom. The molecular formula is C10H15NO3S. The summed E-state index contributed by atoms with van der Waals surface area (Å²) in [4.78, 5) is 0. The molecule has 4 nitrogen and oxygen atoms in total. The van der Waals surface area contributed by atoms with Crippen molar-refractivity contribution in [1.82, 2.24) is 0 Å². The topological polar surface area (TPSA) is 69.4 Å². The van der Waals surface area contributed by atoms with Crippen molar-refractivity contribution < 1.29 is 12.6 Å². The van der Waals surface area contributed by atoms with Crippen LogP contribution in [-0.4, -0.2) is 14.7 Å². The predicted molar refractivity (Wildman–Crippen MR) is 58.7 cm³/mol. The molecule has 15 heavy (non-hydrogen) atoms. The molecule has 0 aliphatic heterocycles. The fourth-order valence-corrected chi connectivity index (χ4v) is 1.67. The molecule has 0 aliphatic carbocycles. The quantitative estimate of drug-likeness (QED) is 0.622. The second-order valence-electron chi connectivity index (χ2n) is 3.32. The molecule has 0 aliphatic rings. The zero-order valence-electron chi connectivity index (χ0n) is 8.80. The van der Waals surface area contributed by atoms with E-state index in [4.69, 9.17) is 5.73 Å². The van der Waals surface area contributed by atoms with Crippen LogP contribution in [0.25, 0.3) is 0 Å². The van der Waals surface area contributed by atoms with E-state index in [0.717, 1.165) is 12.7 Å². The van der Waals surface area contributed by atoms with Gasteiger partial charge in [0.25, 0.3) is 10.1 Å². The van der Waals surface area contributed by atoms with Gasteiger partial charge in [0.15, 0.2) is 6.23 Å². The van der Waals surface area contributed by atoms with Gasteiger partial charge in [0.05, 0.1) is 6.26 Å². The Labute approximate surface area is 90.2 Å². The van der Waals surface area contributed by atoms with Gasteiger partial charge in [-0.05, 0) is 17.5 Å². The van der Waals surface area contributed by atoms with Gasteiger partial charge in [-0.15, -0.1) is 0 Å². The van der Waals surface area contributed by atoms with Crippen LogP contribution in [-0.2, 0) is 20.7 Å². The number of rotatable bonds is 4. The molecule has 0 fully saturated rings. The molecule has 1 aromatic rings. The summed E-state index contributed by atoms with van der Waals surface area (Å²) in [6, 6.07) is 7.35. The van der Waals surface area contributed by atoms with Crippen LogP contribution in [0.4, 0.5) is 0 Å². The van der Waals surface area contributed by atoms with Gasteiger partial charge in [0.1, 0.15) is 0 Å². The minimum Gasteiger partial charge on any atom is -0.301 e. The molecule has 0 radical (unpaired) electrons. The summed E-state index contributed by atoms with van der Waals surface area (Å²) in [6.45, 7) is 2.04. The molecule has 0 bridgehead atoms. The van der Waals surface area contributed by atoms with Crippen molar-refractivity contribution in [3.63, 3.8) is 0 Å². The van der Waals surface area contributed by atoms with E-state index in [1.54, 1.807) is 12.1 Å². The van der Waals surface area contributed by atoms with Crippen molar-refractivity contribution in [3.05, 3.63) is 35.4 Å². The maximum atomic E-state index is 10.8. The van der Waals surface area contributed by atoms with E-state index in [-0.39, 0.29) is 0 Å². The van der Waals surface area contributed by atoms with Crippen LogP contribution in [0.3, 0.4) is 0 Å². The van der Waals surface area contributed by atoms with Crippen molar-refractivity contribution in [2.24, 2.45) is 5.73 Å². The Bertz CT molecular complexity index is 411. The highest BCUT2D eigenvalue weighted by Crippen LogP contribution is 2.14. The SMILES string of the molecule is CCc1ccc(C(N)OS(C)(=O)=O)cc1. The lowest BCUT2D eigenvalue weighted by Crippen LogP contribution is -2.18. The molecule has 1 aromatic carbocycles. The smallest absolute Gasteiger partial charge is 0.266 e. The number of aryl methyl sites for hydroxylation is 1. The van der Waals surface area contributed by atoms with Crippen molar-refractivity contribution in [3.8, 4) is 0 Å². The third-order valence-electron chi connectivity index (χ3n) is 1.99. The lowest BCUT2D eigenvalue weighted by Gasteiger charge is -2.11. The molecule has 84 valence electrons. The zero-order valence-corrected chi connectivity index (χ0v) is 9.62. The highest BCUT2D eigenvalue weighted by Gasteiger charge is 2.12. The second kappa shape index (κ2) is 4.74. The van der Waals surface area contributed by atoms with Crippen LogP contribution in [0.1, 0.15) is 24.3 Å². The minimum absolute atomic E-state index is 0.651. The Morgan fingerprint density at radius 2 is 1.87 bits per heavy atom. The minimum atomic E-state index is -3.51. The lowest BCUT2D eigenvalue weighted by molar-refractivity contribution is 0.224. The van der Waals surface area contributed by atoms with Gasteiger partial charge in [-0.25, -0.2) is 4.18 Å². The summed E-state index contributed by atoms with van der Waals surface area (Å²) in [5.74, 6) is 0. The molecule has 0 saturated carbocycles. The molecule has 0 heterocycles. The third-order valence-corrected chi connectivity index (χ3v) is 2.55. The van der Waals surface area contributed by atoms with E-state index in [9.17, 15) is 8.42 Å². The van der Waals surface area contributed by atoms with Crippen molar-refractivity contribution >= 4 is 10.1 Å². The molecule has 5 heteroatoms. The summed E-state index contributed by atoms with van der Waals surface area (Å²) < 4.78 is 26.3. The van der Waals surface area contributed by atoms with Gasteiger partial charge < -0.3 is 5.73 Å². The van der Waals surface area contributed by atoms with Crippen molar-refractivity contribution in [2.75, 3.05) is 6.26 Å². The maximum absolute atomic E-state index is 10.8. The van der Waals surface area contributed by atoms with Crippen LogP contribution >= 0.6 is 0 Å². The van der Waals surface area contributed by atoms with Gasteiger partial charge in [-0.1, -0.05) is 31.2 Å². The fourth-order valence-electron chi connectivity index (χ4n) is 1.19. The monoisotopic (exact) mass is 229 g/mol. The van der Waals surface area contributed by atoms with Crippen LogP contribution < -0.4 is 5.73 Å². The molecule has 0 spiro atoms. The summed E-state index contributed by atoms with van der Waals surface area (Å²) >= 11 is 0. The first-order valence-electron chi connectivity index (χ1n) is 4.65. The van der Waals surface area contributed by atoms with E-state index in [1.165, 1.54) is 5.56 Å². The summed E-state index contributed by atoms with van der Waals surface area (Å²) in [6.07, 6.45) is 0.987. The lowest BCUT2D eigenvalue weighted by atomic mass is 10.1. The molecule has 1 unspecified atom stereocenters. The molecule has 1 rings (SSSR count). The number of benzene rings is 1. The van der Waals surface area contributed by atoms with Gasteiger partial charge >= 0.3 is 0 Å². The van der Waals surface area contributed by atoms with E-state index < -0.39 is 16.3 Å². The first-order valence-corrected chi connectivity index (χ1v) is 6.46. The first kappa shape index (κ1) is 12.2. The van der Waals surface area contributed by atoms with Gasteiger partial charge in [-0.3, -0.25) is 0 Å². The van der Waals surface area contributed by atoms with Gasteiger partial charge in [-0.2, -0.15) is 8.42 Å². The molecule has 1 atom stereocenters. The van der Waals surface area contributed by atoms with E-state index in [2.05, 4.69) is 4.18 Å². The normalized spacial score (nSPS) is 13.8. The number of hydrogen-bond donors (Lipinski definition) is 1. The molecule has 2 N–H and O–H groups in total. The van der Waals surface area contributed by atoms with Crippen molar-refractivity contribution in [1.29, 1.82) is 0 Å². The average Bonchev–Trinajstić information content (AvgIpc) is 2.15. The Hall–Kier alpha value is -0.910. The Kier molecular flexibility index (Phi) is 3.84. The fraction of sp³-hybridized carbons (Fsp3) is 0.400. The van der Waals surface area contributed by atoms with Crippen LogP contribution in [0.5, 0.6) is 0 Å². The van der Waals surface area contributed by atoms with E-state index >= 15 is 0 Å². The van der Waals surface area contributed by atoms with Crippen LogP contribution in [0, 0.1) is 0 Å². The second-order valence-corrected chi connectivity index (χ2v) is 4.92. The summed E-state index contributed by atoms with van der Waals surface area (Å²) in [5.41, 5.74) is 7.39. The largest absolute Gasteiger partial charge is 0.301 e. The van der Waals surface area contributed by atoms with Crippen molar-refractivity contribution in [2.45, 2.75) is 19.6 Å². The summed E-state index contributed by atoms with van der Waals surface area (Å²) in [5, 5.41) is 0. The summed E-state index contributed by atoms with van der Waals surface area (Å²) in [7, 11) is -3.51. The highest BCUT2D eigenvalue weighted by molar-refractivity contribution is 7.86. The molecule has 0 aromatic heterocycles. The maximum Gasteiger partial charge on any atom is 0.266 e. The number of hydrogen-bond acceptors (Lipinski definition) is 4.